The number of carbonyl (C=O) groups excluding carboxylic acids is 2. The monoisotopic (exact) mass is 245 g/mol. The predicted octanol–water partition coefficient (Wildman–Crippen LogP) is 1.59. The second-order valence-electron chi connectivity index (χ2n) is 3.83. The van der Waals surface area contributed by atoms with Gasteiger partial charge in [-0.1, -0.05) is 18.2 Å². The third-order valence-corrected chi connectivity index (χ3v) is 2.48. The van der Waals surface area contributed by atoms with E-state index in [9.17, 15) is 14.4 Å². The van der Waals surface area contributed by atoms with Crippen molar-refractivity contribution < 1.29 is 14.3 Å². The van der Waals surface area contributed by atoms with Gasteiger partial charge < -0.3 is 4.74 Å². The zero-order chi connectivity index (χ0) is 13.3. The molecule has 0 aliphatic rings. The molecule has 2 rings (SSSR count). The highest BCUT2D eigenvalue weighted by Crippen LogP contribution is 2.22. The fourth-order valence-electron chi connectivity index (χ4n) is 1.73. The maximum Gasteiger partial charge on any atom is 0.308 e. The van der Waals surface area contributed by atoms with E-state index < -0.39 is 17.4 Å². The van der Waals surface area contributed by atoms with Crippen molar-refractivity contribution in [2.75, 3.05) is 0 Å². The highest BCUT2D eigenvalue weighted by molar-refractivity contribution is 5.91. The Morgan fingerprint density at radius 3 is 2.28 bits per heavy atom. The third kappa shape index (κ3) is 2.02. The number of rotatable bonds is 1. The van der Waals surface area contributed by atoms with E-state index >= 15 is 0 Å². The van der Waals surface area contributed by atoms with Crippen LogP contribution in [-0.2, 0) is 4.79 Å². The van der Waals surface area contributed by atoms with Gasteiger partial charge in [-0.05, 0) is 6.07 Å². The molecule has 0 bridgehead atoms. The Labute approximate surface area is 103 Å². The summed E-state index contributed by atoms with van der Waals surface area (Å²) >= 11 is 0. The number of aromatic nitrogens is 1. The number of pyridine rings is 1. The van der Waals surface area contributed by atoms with Gasteiger partial charge in [0.25, 0.3) is 5.56 Å². The molecule has 0 radical (unpaired) electrons. The zero-order valence-electron chi connectivity index (χ0n) is 9.97. The summed E-state index contributed by atoms with van der Waals surface area (Å²) in [6.07, 6.45) is 1.24. The minimum absolute atomic E-state index is 0.202. The average molecular weight is 245 g/mol. The number of ether oxygens (including phenoxy) is 1. The molecule has 1 aromatic carbocycles. The molecule has 0 spiro atoms. The van der Waals surface area contributed by atoms with Crippen LogP contribution in [-0.4, -0.2) is 16.4 Å². The van der Waals surface area contributed by atoms with E-state index in [0.29, 0.717) is 10.8 Å². The summed E-state index contributed by atoms with van der Waals surface area (Å²) < 4.78 is 5.95. The van der Waals surface area contributed by atoms with Crippen LogP contribution in [0.15, 0.2) is 35.3 Å². The van der Waals surface area contributed by atoms with Crippen molar-refractivity contribution in [1.29, 1.82) is 0 Å². The second kappa shape index (κ2) is 4.44. The smallest absolute Gasteiger partial charge is 0.308 e. The van der Waals surface area contributed by atoms with Crippen LogP contribution in [0.4, 0.5) is 0 Å². The van der Waals surface area contributed by atoms with Crippen molar-refractivity contribution >= 4 is 22.6 Å². The minimum atomic E-state index is -0.506. The number of esters is 1. The summed E-state index contributed by atoms with van der Waals surface area (Å²) in [5.41, 5.74) is -0.422. The third-order valence-electron chi connectivity index (χ3n) is 2.48. The van der Waals surface area contributed by atoms with Crippen LogP contribution < -0.4 is 10.3 Å². The predicted molar refractivity (Wildman–Crippen MR) is 65.8 cm³/mol. The molecule has 0 aliphatic heterocycles. The Hall–Kier alpha value is -2.43. The fourth-order valence-corrected chi connectivity index (χ4v) is 1.73. The van der Waals surface area contributed by atoms with Crippen LogP contribution in [0.2, 0.25) is 0 Å². The van der Waals surface area contributed by atoms with E-state index in [1.807, 2.05) is 0 Å². The molecule has 0 unspecified atom stereocenters. The summed E-state index contributed by atoms with van der Waals surface area (Å²) in [4.78, 5) is 34.4. The SMILES string of the molecule is CC(=O)Oc1cn(C(C)=O)c(=O)c2ccccc12. The fraction of sp³-hybridized carbons (Fsp3) is 0.154. The Bertz CT molecular complexity index is 700. The number of hydrogen-bond acceptors (Lipinski definition) is 4. The normalized spacial score (nSPS) is 10.3. The van der Waals surface area contributed by atoms with Crippen LogP contribution in [0.3, 0.4) is 0 Å². The van der Waals surface area contributed by atoms with E-state index in [0.717, 1.165) is 4.57 Å². The first-order chi connectivity index (χ1) is 8.50. The molecule has 92 valence electrons. The second-order valence-corrected chi connectivity index (χ2v) is 3.83. The van der Waals surface area contributed by atoms with Crippen LogP contribution >= 0.6 is 0 Å². The van der Waals surface area contributed by atoms with Crippen LogP contribution in [0.25, 0.3) is 10.8 Å². The topological polar surface area (TPSA) is 65.4 Å². The Morgan fingerprint density at radius 1 is 1.11 bits per heavy atom. The van der Waals surface area contributed by atoms with Gasteiger partial charge in [0.2, 0.25) is 5.91 Å². The van der Waals surface area contributed by atoms with Crippen molar-refractivity contribution in [3.63, 3.8) is 0 Å². The van der Waals surface area contributed by atoms with Crippen molar-refractivity contribution in [2.45, 2.75) is 13.8 Å². The van der Waals surface area contributed by atoms with Gasteiger partial charge in [-0.15, -0.1) is 0 Å². The molecule has 1 heterocycles. The maximum atomic E-state index is 12.0. The first kappa shape index (κ1) is 12.0. The van der Waals surface area contributed by atoms with Gasteiger partial charge in [-0.3, -0.25) is 14.4 Å². The molecule has 0 fully saturated rings. The number of nitrogens with zero attached hydrogens (tertiary/aromatic N) is 1. The van der Waals surface area contributed by atoms with Crippen molar-refractivity contribution in [3.8, 4) is 5.75 Å². The van der Waals surface area contributed by atoms with Gasteiger partial charge in [-0.2, -0.15) is 0 Å². The quantitative estimate of drug-likeness (QED) is 0.715. The lowest BCUT2D eigenvalue weighted by atomic mass is 10.1. The molecule has 0 saturated carbocycles. The summed E-state index contributed by atoms with van der Waals surface area (Å²) in [6.45, 7) is 2.53. The number of carbonyl (C=O) groups is 2. The molecule has 0 aliphatic carbocycles. The van der Waals surface area contributed by atoms with E-state index in [1.165, 1.54) is 20.0 Å². The van der Waals surface area contributed by atoms with Crippen LogP contribution in [0.1, 0.15) is 18.6 Å². The molecular weight excluding hydrogens is 234 g/mol. The molecular formula is C13H11NO4. The van der Waals surface area contributed by atoms with Gasteiger partial charge >= 0.3 is 5.97 Å². The molecule has 5 nitrogen and oxygen atoms in total. The molecule has 0 saturated heterocycles. The van der Waals surface area contributed by atoms with Crippen LogP contribution in [0, 0.1) is 0 Å². The van der Waals surface area contributed by atoms with Gasteiger partial charge in [0, 0.05) is 19.2 Å². The number of fused-ring (bicyclic) bond motifs is 1. The van der Waals surface area contributed by atoms with E-state index in [2.05, 4.69) is 0 Å². The average Bonchev–Trinajstić information content (AvgIpc) is 2.32. The van der Waals surface area contributed by atoms with Gasteiger partial charge in [0.15, 0.2) is 5.75 Å². The molecule has 1 aromatic heterocycles. The first-order valence-corrected chi connectivity index (χ1v) is 5.34. The van der Waals surface area contributed by atoms with Gasteiger partial charge in [0.05, 0.1) is 11.6 Å². The van der Waals surface area contributed by atoms with Crippen molar-refractivity contribution in [3.05, 3.63) is 40.8 Å². The van der Waals surface area contributed by atoms with Crippen molar-refractivity contribution in [1.82, 2.24) is 4.57 Å². The molecule has 0 N–H and O–H groups in total. The molecule has 18 heavy (non-hydrogen) atoms. The molecule has 5 heteroatoms. The van der Waals surface area contributed by atoms with Gasteiger partial charge in [-0.25, -0.2) is 4.57 Å². The lowest BCUT2D eigenvalue weighted by molar-refractivity contribution is -0.131. The Kier molecular flexibility index (Phi) is 2.97. The minimum Gasteiger partial charge on any atom is -0.424 e. The van der Waals surface area contributed by atoms with Gasteiger partial charge in [0.1, 0.15) is 0 Å². The summed E-state index contributed by atoms with van der Waals surface area (Å²) in [6, 6.07) is 6.67. The molecule has 0 atom stereocenters. The van der Waals surface area contributed by atoms with Crippen LogP contribution in [0.5, 0.6) is 5.75 Å². The number of hydrogen-bond donors (Lipinski definition) is 0. The highest BCUT2D eigenvalue weighted by Gasteiger charge is 2.12. The largest absolute Gasteiger partial charge is 0.424 e. The van der Waals surface area contributed by atoms with E-state index in [4.69, 9.17) is 4.74 Å². The summed E-state index contributed by atoms with van der Waals surface area (Å²) in [7, 11) is 0. The zero-order valence-corrected chi connectivity index (χ0v) is 9.97. The summed E-state index contributed by atoms with van der Waals surface area (Å²) in [5, 5.41) is 0.849. The first-order valence-electron chi connectivity index (χ1n) is 5.34. The Morgan fingerprint density at radius 2 is 1.72 bits per heavy atom. The number of benzene rings is 1. The van der Waals surface area contributed by atoms with E-state index in [1.54, 1.807) is 24.3 Å². The van der Waals surface area contributed by atoms with E-state index in [-0.39, 0.29) is 5.75 Å². The lowest BCUT2D eigenvalue weighted by Crippen LogP contribution is -2.24. The standard InChI is InChI=1S/C13H11NO4/c1-8(15)14-7-12(18-9(2)16)10-5-3-4-6-11(10)13(14)17/h3-7H,1-2H3. The molecule has 0 amide bonds. The summed E-state index contributed by atoms with van der Waals surface area (Å²) in [5.74, 6) is -0.735. The Balaban J connectivity index is 2.84. The van der Waals surface area contributed by atoms with Crippen molar-refractivity contribution in [2.24, 2.45) is 0 Å². The lowest BCUT2D eigenvalue weighted by Gasteiger charge is -2.09. The molecule has 2 aromatic rings. The maximum absolute atomic E-state index is 12.0. The highest BCUT2D eigenvalue weighted by atomic mass is 16.5.